The minimum atomic E-state index is -0.301. The van der Waals surface area contributed by atoms with Crippen LogP contribution in [0.2, 0.25) is 0 Å². The molecule has 24 heavy (non-hydrogen) atoms. The van der Waals surface area contributed by atoms with Gasteiger partial charge in [-0.05, 0) is 32.0 Å². The normalized spacial score (nSPS) is 20.2. The molecule has 2 aromatic rings. The van der Waals surface area contributed by atoms with Crippen LogP contribution in [0.4, 0.5) is 0 Å². The number of aryl methyl sites for hydroxylation is 1. The van der Waals surface area contributed by atoms with Crippen LogP contribution < -0.4 is 5.32 Å². The molecule has 128 valence electrons. The van der Waals surface area contributed by atoms with Gasteiger partial charge < -0.3 is 10.4 Å². The number of benzene rings is 1. The third-order valence-corrected chi connectivity index (χ3v) is 4.86. The van der Waals surface area contributed by atoms with Gasteiger partial charge in [0.1, 0.15) is 6.54 Å². The summed E-state index contributed by atoms with van der Waals surface area (Å²) < 4.78 is 2.11. The average molecular weight is 346 g/mol. The molecule has 3 rings (SSSR count). The summed E-state index contributed by atoms with van der Waals surface area (Å²) >= 11 is 5.25. The summed E-state index contributed by atoms with van der Waals surface area (Å²) in [5.74, 6) is 0.679. The molecule has 1 aromatic carbocycles. The van der Waals surface area contributed by atoms with Gasteiger partial charge in [-0.1, -0.05) is 36.2 Å². The molecule has 0 radical (unpaired) electrons. The Morgan fingerprint density at radius 1 is 1.42 bits per heavy atom. The van der Waals surface area contributed by atoms with E-state index in [1.54, 1.807) is 4.57 Å². The van der Waals surface area contributed by atoms with Gasteiger partial charge in [0.25, 0.3) is 0 Å². The molecule has 0 aliphatic heterocycles. The van der Waals surface area contributed by atoms with Crippen LogP contribution in [0.5, 0.6) is 0 Å². The van der Waals surface area contributed by atoms with E-state index in [9.17, 15) is 9.90 Å². The highest BCUT2D eigenvalue weighted by atomic mass is 32.1. The first-order valence-electron chi connectivity index (χ1n) is 8.21. The zero-order valence-corrected chi connectivity index (χ0v) is 14.5. The number of aliphatic hydroxyl groups excluding tert-OH is 1. The lowest BCUT2D eigenvalue weighted by Crippen LogP contribution is -2.34. The van der Waals surface area contributed by atoms with Gasteiger partial charge in [-0.3, -0.25) is 14.5 Å². The molecule has 6 nitrogen and oxygen atoms in total. The number of nitrogens with zero attached hydrogens (tertiary/aromatic N) is 2. The number of hydrogen-bond donors (Lipinski definition) is 3. The van der Waals surface area contributed by atoms with Crippen molar-refractivity contribution in [2.24, 2.45) is 5.92 Å². The second-order valence-electron chi connectivity index (χ2n) is 6.37. The largest absolute Gasteiger partial charge is 0.393 e. The quantitative estimate of drug-likeness (QED) is 0.725. The molecule has 1 amide bonds. The molecule has 1 aromatic heterocycles. The molecule has 2 atom stereocenters. The predicted octanol–water partition coefficient (Wildman–Crippen LogP) is 2.19. The number of aromatic amines is 1. The maximum atomic E-state index is 12.3. The molecule has 0 unspecified atom stereocenters. The van der Waals surface area contributed by atoms with Gasteiger partial charge in [0.2, 0.25) is 5.91 Å². The minimum Gasteiger partial charge on any atom is -0.393 e. The van der Waals surface area contributed by atoms with Crippen molar-refractivity contribution in [1.82, 2.24) is 20.1 Å². The molecule has 0 saturated heterocycles. The van der Waals surface area contributed by atoms with Crippen LogP contribution in [0.3, 0.4) is 0 Å². The van der Waals surface area contributed by atoms with Crippen LogP contribution >= 0.6 is 12.2 Å². The summed E-state index contributed by atoms with van der Waals surface area (Å²) in [5, 5.41) is 19.7. The molecule has 3 N–H and O–H groups in total. The molecule has 1 aliphatic rings. The molecule has 1 heterocycles. The Bertz CT molecular complexity index is 766. The third-order valence-electron chi connectivity index (χ3n) is 4.55. The first kappa shape index (κ1) is 16.9. The molecule has 1 saturated carbocycles. The lowest BCUT2D eigenvalue weighted by atomic mass is 10.1. The zero-order valence-electron chi connectivity index (χ0n) is 13.7. The molecular weight excluding hydrogens is 324 g/mol. The smallest absolute Gasteiger partial charge is 0.240 e. The highest BCUT2D eigenvalue weighted by Crippen LogP contribution is 2.24. The number of carbonyl (C=O) groups is 1. The van der Waals surface area contributed by atoms with E-state index in [1.807, 2.05) is 31.2 Å². The SMILES string of the molecule is Cc1ccc(-c2n[nH]c(=S)n2CC(=O)NC[C@H]2CCC[C@@H]2O)cc1. The first-order valence-corrected chi connectivity index (χ1v) is 8.62. The van der Waals surface area contributed by atoms with E-state index in [-0.39, 0.29) is 24.5 Å². The Labute approximate surface area is 145 Å². The second kappa shape index (κ2) is 7.27. The van der Waals surface area contributed by atoms with Crippen molar-refractivity contribution in [3.05, 3.63) is 34.6 Å². The van der Waals surface area contributed by atoms with E-state index in [1.165, 1.54) is 0 Å². The van der Waals surface area contributed by atoms with E-state index < -0.39 is 0 Å². The van der Waals surface area contributed by atoms with Crippen molar-refractivity contribution < 1.29 is 9.90 Å². The number of nitrogens with one attached hydrogen (secondary N) is 2. The topological polar surface area (TPSA) is 82.9 Å². The maximum absolute atomic E-state index is 12.3. The fourth-order valence-corrected chi connectivity index (χ4v) is 3.28. The number of hydrogen-bond acceptors (Lipinski definition) is 4. The molecular formula is C17H22N4O2S. The number of aliphatic hydroxyl groups is 1. The summed E-state index contributed by atoms with van der Waals surface area (Å²) in [6.45, 7) is 2.64. The molecule has 7 heteroatoms. The van der Waals surface area contributed by atoms with E-state index in [0.717, 1.165) is 30.4 Å². The fourth-order valence-electron chi connectivity index (χ4n) is 3.09. The Morgan fingerprint density at radius 3 is 2.83 bits per heavy atom. The Hall–Kier alpha value is -1.99. The number of rotatable bonds is 5. The maximum Gasteiger partial charge on any atom is 0.240 e. The van der Waals surface area contributed by atoms with Crippen LogP contribution in [-0.2, 0) is 11.3 Å². The van der Waals surface area contributed by atoms with Crippen molar-refractivity contribution in [3.63, 3.8) is 0 Å². The van der Waals surface area contributed by atoms with Gasteiger partial charge in [-0.15, -0.1) is 0 Å². The van der Waals surface area contributed by atoms with Gasteiger partial charge in [0, 0.05) is 18.0 Å². The van der Waals surface area contributed by atoms with Crippen molar-refractivity contribution in [2.45, 2.75) is 38.8 Å². The highest BCUT2D eigenvalue weighted by molar-refractivity contribution is 7.71. The van der Waals surface area contributed by atoms with E-state index in [2.05, 4.69) is 15.5 Å². The van der Waals surface area contributed by atoms with Gasteiger partial charge in [0.05, 0.1) is 6.10 Å². The van der Waals surface area contributed by atoms with Crippen molar-refractivity contribution in [1.29, 1.82) is 0 Å². The van der Waals surface area contributed by atoms with Crippen molar-refractivity contribution >= 4 is 18.1 Å². The van der Waals surface area contributed by atoms with Gasteiger partial charge in [-0.2, -0.15) is 5.10 Å². The van der Waals surface area contributed by atoms with Crippen molar-refractivity contribution in [2.75, 3.05) is 6.54 Å². The van der Waals surface area contributed by atoms with Crippen LogP contribution in [0.1, 0.15) is 24.8 Å². The van der Waals surface area contributed by atoms with Crippen LogP contribution in [0.25, 0.3) is 11.4 Å². The average Bonchev–Trinajstić information content (AvgIpc) is 3.13. The third kappa shape index (κ3) is 3.73. The van der Waals surface area contributed by atoms with Crippen LogP contribution in [0.15, 0.2) is 24.3 Å². The standard InChI is InChI=1S/C17H22N4O2S/c1-11-5-7-12(8-6-11)16-19-20-17(24)21(16)10-15(23)18-9-13-3-2-4-14(13)22/h5-8,13-14,22H,2-4,9-10H2,1H3,(H,18,23)(H,20,24)/t13-,14+/m1/s1. The number of amides is 1. The summed E-state index contributed by atoms with van der Waals surface area (Å²) in [7, 11) is 0. The molecule has 0 bridgehead atoms. The van der Waals surface area contributed by atoms with E-state index in [0.29, 0.717) is 17.1 Å². The Kier molecular flexibility index (Phi) is 5.11. The first-order chi connectivity index (χ1) is 11.5. The zero-order chi connectivity index (χ0) is 17.1. The lowest BCUT2D eigenvalue weighted by Gasteiger charge is -2.15. The fraction of sp³-hybridized carbons (Fsp3) is 0.471. The molecule has 1 aliphatic carbocycles. The van der Waals surface area contributed by atoms with Crippen LogP contribution in [0, 0.1) is 17.6 Å². The van der Waals surface area contributed by atoms with Gasteiger partial charge in [0.15, 0.2) is 10.6 Å². The van der Waals surface area contributed by atoms with Crippen molar-refractivity contribution in [3.8, 4) is 11.4 Å². The number of H-pyrrole nitrogens is 1. The summed E-state index contributed by atoms with van der Waals surface area (Å²) in [6, 6.07) is 7.92. The summed E-state index contributed by atoms with van der Waals surface area (Å²) in [6.07, 6.45) is 2.50. The molecule has 1 fully saturated rings. The lowest BCUT2D eigenvalue weighted by molar-refractivity contribution is -0.121. The Balaban J connectivity index is 1.68. The summed E-state index contributed by atoms with van der Waals surface area (Å²) in [4.78, 5) is 12.3. The van der Waals surface area contributed by atoms with E-state index in [4.69, 9.17) is 12.2 Å². The predicted molar refractivity (Wildman–Crippen MR) is 93.9 cm³/mol. The number of aromatic nitrogens is 3. The van der Waals surface area contributed by atoms with E-state index >= 15 is 0 Å². The highest BCUT2D eigenvalue weighted by Gasteiger charge is 2.25. The summed E-state index contributed by atoms with van der Waals surface area (Å²) in [5.41, 5.74) is 2.07. The minimum absolute atomic E-state index is 0.112. The number of carbonyl (C=O) groups excluding carboxylic acids is 1. The monoisotopic (exact) mass is 346 g/mol. The van der Waals surface area contributed by atoms with Gasteiger partial charge >= 0.3 is 0 Å². The second-order valence-corrected chi connectivity index (χ2v) is 6.75. The molecule has 0 spiro atoms. The van der Waals surface area contributed by atoms with Gasteiger partial charge in [-0.25, -0.2) is 0 Å². The Morgan fingerprint density at radius 2 is 2.17 bits per heavy atom. The van der Waals surface area contributed by atoms with Crippen LogP contribution in [-0.4, -0.2) is 38.4 Å².